The summed E-state index contributed by atoms with van der Waals surface area (Å²) in [4.78, 5) is 0. The standard InChI is InChI=1S/C10H15NO5S/c12-17(13,14)6-1-3-11-7-9-10(8-11)16-5-2-4-15-9/h7-8H,1-6H2,(H,12,13,14). The molecule has 0 atom stereocenters. The molecule has 1 aliphatic rings. The van der Waals surface area contributed by atoms with Crippen LogP contribution in [0.4, 0.5) is 0 Å². The van der Waals surface area contributed by atoms with Crippen molar-refractivity contribution in [2.45, 2.75) is 19.4 Å². The van der Waals surface area contributed by atoms with Crippen molar-refractivity contribution in [1.29, 1.82) is 0 Å². The molecule has 0 radical (unpaired) electrons. The van der Waals surface area contributed by atoms with Crippen molar-refractivity contribution in [3.63, 3.8) is 0 Å². The number of aryl methyl sites for hydroxylation is 1. The molecule has 0 amide bonds. The average Bonchev–Trinajstić information content (AvgIpc) is 2.47. The fraction of sp³-hybridized carbons (Fsp3) is 0.600. The van der Waals surface area contributed by atoms with Crippen LogP contribution in [0.1, 0.15) is 12.8 Å². The second kappa shape index (κ2) is 4.97. The van der Waals surface area contributed by atoms with E-state index in [0.717, 1.165) is 6.42 Å². The summed E-state index contributed by atoms with van der Waals surface area (Å²) in [6.45, 7) is 1.75. The smallest absolute Gasteiger partial charge is 0.264 e. The molecule has 2 rings (SSSR count). The van der Waals surface area contributed by atoms with Crippen LogP contribution in [0.5, 0.6) is 11.5 Å². The lowest BCUT2D eigenvalue weighted by Crippen LogP contribution is -2.07. The van der Waals surface area contributed by atoms with Crippen molar-refractivity contribution in [3.8, 4) is 11.5 Å². The quantitative estimate of drug-likeness (QED) is 0.816. The van der Waals surface area contributed by atoms with Crippen molar-refractivity contribution in [3.05, 3.63) is 12.4 Å². The Labute approximate surface area is 99.9 Å². The Morgan fingerprint density at radius 2 is 1.82 bits per heavy atom. The first-order chi connectivity index (χ1) is 8.04. The third kappa shape index (κ3) is 3.64. The molecular formula is C10H15NO5S. The van der Waals surface area contributed by atoms with Crippen LogP contribution in [-0.4, -0.2) is 36.5 Å². The van der Waals surface area contributed by atoms with Crippen molar-refractivity contribution in [2.75, 3.05) is 19.0 Å². The Balaban J connectivity index is 1.94. The third-order valence-corrected chi connectivity index (χ3v) is 3.24. The molecule has 1 aromatic rings. The molecule has 96 valence electrons. The van der Waals surface area contributed by atoms with E-state index in [1.165, 1.54) is 0 Å². The normalized spacial score (nSPS) is 15.6. The minimum Gasteiger partial charge on any atom is -0.488 e. The maximum Gasteiger partial charge on any atom is 0.264 e. The minimum absolute atomic E-state index is 0.239. The molecule has 17 heavy (non-hydrogen) atoms. The molecule has 0 aromatic carbocycles. The van der Waals surface area contributed by atoms with E-state index in [4.69, 9.17) is 14.0 Å². The zero-order valence-electron chi connectivity index (χ0n) is 9.33. The first-order valence-electron chi connectivity index (χ1n) is 5.45. The summed E-state index contributed by atoms with van der Waals surface area (Å²) < 4.78 is 42.5. The Hall–Kier alpha value is -1.21. The maximum absolute atomic E-state index is 10.6. The van der Waals surface area contributed by atoms with Crippen molar-refractivity contribution in [2.24, 2.45) is 0 Å². The van der Waals surface area contributed by atoms with Crippen LogP contribution in [-0.2, 0) is 16.7 Å². The van der Waals surface area contributed by atoms with E-state index in [1.807, 2.05) is 0 Å². The van der Waals surface area contributed by atoms with Gasteiger partial charge < -0.3 is 14.0 Å². The highest BCUT2D eigenvalue weighted by molar-refractivity contribution is 7.85. The van der Waals surface area contributed by atoms with Gasteiger partial charge >= 0.3 is 0 Å². The predicted octanol–water partition coefficient (Wildman–Crippen LogP) is 0.927. The summed E-state index contributed by atoms with van der Waals surface area (Å²) in [5.74, 6) is 1.14. The molecule has 7 heteroatoms. The Morgan fingerprint density at radius 1 is 1.24 bits per heavy atom. The van der Waals surface area contributed by atoms with Crippen LogP contribution in [0, 0.1) is 0 Å². The zero-order chi connectivity index (χ0) is 12.3. The van der Waals surface area contributed by atoms with Gasteiger partial charge in [0.1, 0.15) is 0 Å². The number of rotatable bonds is 4. The topological polar surface area (TPSA) is 77.8 Å². The number of fused-ring (bicyclic) bond motifs is 1. The highest BCUT2D eigenvalue weighted by atomic mass is 32.2. The predicted molar refractivity (Wildman–Crippen MR) is 61.1 cm³/mol. The second-order valence-electron chi connectivity index (χ2n) is 3.91. The van der Waals surface area contributed by atoms with Gasteiger partial charge in [-0.15, -0.1) is 0 Å². The summed E-state index contributed by atoms with van der Waals surface area (Å²) in [7, 11) is -3.88. The summed E-state index contributed by atoms with van der Waals surface area (Å²) in [6.07, 6.45) is 4.78. The number of aromatic nitrogens is 1. The lowest BCUT2D eigenvalue weighted by molar-refractivity contribution is 0.293. The number of hydrogen-bond donors (Lipinski definition) is 1. The molecular weight excluding hydrogens is 246 g/mol. The van der Waals surface area contributed by atoms with Crippen molar-refractivity contribution in [1.82, 2.24) is 4.57 Å². The number of hydrogen-bond acceptors (Lipinski definition) is 4. The highest BCUT2D eigenvalue weighted by Crippen LogP contribution is 2.30. The fourth-order valence-electron chi connectivity index (χ4n) is 1.66. The van der Waals surface area contributed by atoms with E-state index in [0.29, 0.717) is 37.7 Å². The number of ether oxygens (including phenoxy) is 2. The van der Waals surface area contributed by atoms with Gasteiger partial charge in [0, 0.05) is 25.4 Å². The molecule has 1 aliphatic heterocycles. The molecule has 0 bridgehead atoms. The van der Waals surface area contributed by atoms with Crippen LogP contribution in [0.25, 0.3) is 0 Å². The Kier molecular flexibility index (Phi) is 3.58. The molecule has 6 nitrogen and oxygen atoms in total. The van der Waals surface area contributed by atoms with E-state index in [-0.39, 0.29) is 5.75 Å². The first-order valence-corrected chi connectivity index (χ1v) is 7.06. The summed E-state index contributed by atoms with van der Waals surface area (Å²) in [5, 5.41) is 0. The molecule has 2 heterocycles. The lowest BCUT2D eigenvalue weighted by atomic mass is 10.5. The van der Waals surface area contributed by atoms with Gasteiger partial charge in [-0.2, -0.15) is 8.42 Å². The highest BCUT2D eigenvalue weighted by Gasteiger charge is 2.13. The van der Waals surface area contributed by atoms with Crippen LogP contribution < -0.4 is 9.47 Å². The van der Waals surface area contributed by atoms with Gasteiger partial charge in [-0.05, 0) is 6.42 Å². The van der Waals surface area contributed by atoms with Gasteiger partial charge in [-0.1, -0.05) is 0 Å². The molecule has 0 saturated carbocycles. The summed E-state index contributed by atoms with van der Waals surface area (Å²) in [6, 6.07) is 0. The van der Waals surface area contributed by atoms with E-state index in [2.05, 4.69) is 0 Å². The van der Waals surface area contributed by atoms with Crippen LogP contribution in [0.3, 0.4) is 0 Å². The summed E-state index contributed by atoms with van der Waals surface area (Å²) >= 11 is 0. The fourth-order valence-corrected chi connectivity index (χ4v) is 2.16. The molecule has 0 fully saturated rings. The Bertz CT molecular complexity index is 455. The lowest BCUT2D eigenvalue weighted by Gasteiger charge is -2.02. The van der Waals surface area contributed by atoms with Crippen molar-refractivity contribution < 1.29 is 22.4 Å². The number of nitrogens with zero attached hydrogens (tertiary/aromatic N) is 1. The van der Waals surface area contributed by atoms with E-state index in [9.17, 15) is 8.42 Å². The molecule has 0 aliphatic carbocycles. The first kappa shape index (κ1) is 12.3. The van der Waals surface area contributed by atoms with Gasteiger partial charge in [-0.25, -0.2) is 0 Å². The van der Waals surface area contributed by atoms with Crippen LogP contribution in [0.2, 0.25) is 0 Å². The molecule has 0 unspecified atom stereocenters. The largest absolute Gasteiger partial charge is 0.488 e. The maximum atomic E-state index is 10.6. The van der Waals surface area contributed by atoms with E-state index in [1.54, 1.807) is 17.0 Å². The monoisotopic (exact) mass is 261 g/mol. The van der Waals surface area contributed by atoms with Gasteiger partial charge in [0.25, 0.3) is 10.1 Å². The molecule has 0 spiro atoms. The average molecular weight is 261 g/mol. The van der Waals surface area contributed by atoms with Crippen LogP contribution in [0.15, 0.2) is 12.4 Å². The Morgan fingerprint density at radius 3 is 2.35 bits per heavy atom. The van der Waals surface area contributed by atoms with Crippen molar-refractivity contribution >= 4 is 10.1 Å². The van der Waals surface area contributed by atoms with E-state index < -0.39 is 10.1 Å². The third-order valence-electron chi connectivity index (χ3n) is 2.43. The van der Waals surface area contributed by atoms with Gasteiger partial charge in [0.05, 0.1) is 19.0 Å². The molecule has 0 saturated heterocycles. The van der Waals surface area contributed by atoms with E-state index >= 15 is 0 Å². The summed E-state index contributed by atoms with van der Waals surface area (Å²) in [5.41, 5.74) is 0. The van der Waals surface area contributed by atoms with Gasteiger partial charge in [-0.3, -0.25) is 4.55 Å². The molecule has 1 N–H and O–H groups in total. The van der Waals surface area contributed by atoms with Gasteiger partial charge in [0.2, 0.25) is 0 Å². The SMILES string of the molecule is O=S(=O)(O)CCCn1cc2c(c1)OCCCO2. The van der Waals surface area contributed by atoms with Crippen LogP contribution >= 0.6 is 0 Å². The molecule has 1 aromatic heterocycles. The zero-order valence-corrected chi connectivity index (χ0v) is 10.1. The van der Waals surface area contributed by atoms with Gasteiger partial charge in [0.15, 0.2) is 11.5 Å². The minimum atomic E-state index is -3.88. The second-order valence-corrected chi connectivity index (χ2v) is 5.49.